The Labute approximate surface area is 186 Å². The molecule has 0 bridgehead atoms. The highest BCUT2D eigenvalue weighted by Gasteiger charge is 2.31. The van der Waals surface area contributed by atoms with Crippen LogP contribution in [0, 0.1) is 0 Å². The Kier molecular flexibility index (Phi) is 5.94. The molecule has 6 nitrogen and oxygen atoms in total. The first-order chi connectivity index (χ1) is 14.5. The first kappa shape index (κ1) is 20.6. The Bertz CT molecular complexity index is 1320. The van der Waals surface area contributed by atoms with Gasteiger partial charge < -0.3 is 5.32 Å². The minimum absolute atomic E-state index is 0.0401. The number of para-hydroxylation sites is 3. The summed E-state index contributed by atoms with van der Waals surface area (Å²) in [4.78, 5) is 15.8. The predicted molar refractivity (Wildman–Crippen MR) is 121 cm³/mol. The van der Waals surface area contributed by atoms with Crippen LogP contribution >= 0.6 is 27.7 Å². The number of halogens is 1. The fraction of sp³-hybridized carbons (Fsp3) is 0.0476. The molecule has 9 heteroatoms. The quantitative estimate of drug-likeness (QED) is 0.306. The molecular weight excluding hydrogens is 486 g/mol. The Morgan fingerprint density at radius 2 is 1.63 bits per heavy atom. The van der Waals surface area contributed by atoms with E-state index in [1.165, 1.54) is 3.97 Å². The maximum absolute atomic E-state index is 13.3. The molecule has 0 atom stereocenters. The number of H-pyrrole nitrogens is 1. The van der Waals surface area contributed by atoms with Crippen molar-refractivity contribution in [1.29, 1.82) is 0 Å². The number of thioether (sulfide) groups is 1. The minimum Gasteiger partial charge on any atom is -0.324 e. The van der Waals surface area contributed by atoms with E-state index < -0.39 is 10.0 Å². The third-order valence-electron chi connectivity index (χ3n) is 4.32. The van der Waals surface area contributed by atoms with Crippen LogP contribution in [0.4, 0.5) is 5.69 Å². The van der Waals surface area contributed by atoms with Gasteiger partial charge in [-0.2, -0.15) is 8.42 Å². The molecule has 0 saturated carbocycles. The van der Waals surface area contributed by atoms with Crippen molar-refractivity contribution < 1.29 is 17.2 Å². The maximum atomic E-state index is 13.3. The number of hydrogen-bond acceptors (Lipinski definition) is 4. The molecule has 1 heterocycles. The van der Waals surface area contributed by atoms with Gasteiger partial charge in [0, 0.05) is 4.47 Å². The second-order valence-electron chi connectivity index (χ2n) is 6.35. The minimum atomic E-state index is -3.84. The van der Waals surface area contributed by atoms with Gasteiger partial charge in [-0.1, -0.05) is 42.5 Å². The van der Waals surface area contributed by atoms with Crippen molar-refractivity contribution in [3.8, 4) is 0 Å². The highest BCUT2D eigenvalue weighted by atomic mass is 79.9. The molecule has 0 fully saturated rings. The third-order valence-corrected chi connectivity index (χ3v) is 7.82. The molecule has 0 aliphatic rings. The van der Waals surface area contributed by atoms with Crippen molar-refractivity contribution in [2.45, 2.75) is 10.1 Å². The van der Waals surface area contributed by atoms with E-state index in [0.29, 0.717) is 21.9 Å². The summed E-state index contributed by atoms with van der Waals surface area (Å²) in [6.45, 7) is 0. The highest BCUT2D eigenvalue weighted by Crippen LogP contribution is 2.24. The fourth-order valence-electron chi connectivity index (χ4n) is 2.95. The van der Waals surface area contributed by atoms with Gasteiger partial charge in [0.25, 0.3) is 0 Å². The van der Waals surface area contributed by atoms with Crippen LogP contribution in [0.1, 0.15) is 0 Å². The number of nitrogens with zero attached hydrogens (tertiary/aromatic N) is 1. The topological polar surface area (TPSA) is 82.9 Å². The predicted octanol–water partition coefficient (Wildman–Crippen LogP) is 4.19. The summed E-state index contributed by atoms with van der Waals surface area (Å²) >= 11 is 4.52. The van der Waals surface area contributed by atoms with Gasteiger partial charge in [-0.15, -0.1) is 3.97 Å². The number of benzene rings is 3. The van der Waals surface area contributed by atoms with Gasteiger partial charge in [0.05, 0.1) is 11.4 Å². The Morgan fingerprint density at radius 1 is 0.967 bits per heavy atom. The normalized spacial score (nSPS) is 11.5. The number of carbonyl (C=O) groups is 1. The van der Waals surface area contributed by atoms with E-state index in [9.17, 15) is 13.2 Å². The zero-order valence-electron chi connectivity index (χ0n) is 15.6. The summed E-state index contributed by atoms with van der Waals surface area (Å²) in [7, 11) is -3.84. The van der Waals surface area contributed by atoms with E-state index >= 15 is 0 Å². The summed E-state index contributed by atoms with van der Waals surface area (Å²) in [5, 5.41) is 3.19. The zero-order chi connectivity index (χ0) is 21.1. The van der Waals surface area contributed by atoms with Gasteiger partial charge in [-0.3, -0.25) is 4.79 Å². The number of anilines is 1. The van der Waals surface area contributed by atoms with Crippen LogP contribution in [0.5, 0.6) is 0 Å². The molecule has 30 heavy (non-hydrogen) atoms. The molecule has 4 rings (SSSR count). The number of amides is 1. The zero-order valence-corrected chi connectivity index (χ0v) is 18.8. The van der Waals surface area contributed by atoms with Crippen molar-refractivity contribution in [3.05, 3.63) is 83.3 Å². The molecule has 4 aromatic rings. The SMILES string of the molecule is O=C(CSc1[nH]c2ccccc2[n+]1S(=O)(=O)c1ccccc1)Nc1ccccc1Br. The average molecular weight is 503 g/mol. The number of imidazole rings is 1. The lowest BCUT2D eigenvalue weighted by Crippen LogP contribution is -2.44. The fourth-order valence-corrected chi connectivity index (χ4v) is 5.91. The van der Waals surface area contributed by atoms with Gasteiger partial charge in [0.1, 0.15) is 4.90 Å². The number of fused-ring (bicyclic) bond motifs is 1. The molecule has 0 spiro atoms. The Morgan fingerprint density at radius 3 is 2.40 bits per heavy atom. The van der Waals surface area contributed by atoms with Gasteiger partial charge in [-0.25, -0.2) is 4.98 Å². The van der Waals surface area contributed by atoms with E-state index in [1.807, 2.05) is 24.3 Å². The van der Waals surface area contributed by atoms with E-state index in [0.717, 1.165) is 16.2 Å². The molecule has 0 aliphatic carbocycles. The lowest BCUT2D eigenvalue weighted by Gasteiger charge is -2.06. The number of aromatic nitrogens is 2. The van der Waals surface area contributed by atoms with Crippen molar-refractivity contribution >= 4 is 60.3 Å². The van der Waals surface area contributed by atoms with Crippen LogP contribution in [0.2, 0.25) is 0 Å². The maximum Gasteiger partial charge on any atom is 0.336 e. The van der Waals surface area contributed by atoms with Gasteiger partial charge in [0.15, 0.2) is 11.0 Å². The number of hydrogen-bond donors (Lipinski definition) is 2. The molecule has 2 N–H and O–H groups in total. The molecule has 152 valence electrons. The van der Waals surface area contributed by atoms with Gasteiger partial charge in [0.2, 0.25) is 5.91 Å². The summed E-state index contributed by atoms with van der Waals surface area (Å²) in [5.41, 5.74) is 1.85. The lowest BCUT2D eigenvalue weighted by atomic mass is 10.3. The molecule has 0 saturated heterocycles. The number of aromatic amines is 1. The number of carbonyl (C=O) groups excluding carboxylic acids is 1. The van der Waals surface area contributed by atoms with Crippen molar-refractivity contribution in [2.75, 3.05) is 11.1 Å². The summed E-state index contributed by atoms with van der Waals surface area (Å²) in [6, 6.07) is 22.7. The number of nitrogens with one attached hydrogen (secondary N) is 2. The van der Waals surface area contributed by atoms with E-state index in [1.54, 1.807) is 54.6 Å². The van der Waals surface area contributed by atoms with Crippen LogP contribution in [-0.2, 0) is 14.8 Å². The first-order valence-corrected chi connectivity index (χ1v) is 12.2. The average Bonchev–Trinajstić information content (AvgIpc) is 3.14. The summed E-state index contributed by atoms with van der Waals surface area (Å²) in [5.74, 6) is -0.201. The molecule has 0 unspecified atom stereocenters. The van der Waals surface area contributed by atoms with Crippen LogP contribution in [0.25, 0.3) is 11.0 Å². The molecule has 0 aliphatic heterocycles. The van der Waals surface area contributed by atoms with Crippen molar-refractivity contribution in [3.63, 3.8) is 0 Å². The first-order valence-electron chi connectivity index (χ1n) is 8.97. The van der Waals surface area contributed by atoms with Crippen molar-refractivity contribution in [1.82, 2.24) is 4.98 Å². The van der Waals surface area contributed by atoms with E-state index in [4.69, 9.17) is 0 Å². The largest absolute Gasteiger partial charge is 0.336 e. The van der Waals surface area contributed by atoms with Crippen LogP contribution < -0.4 is 9.29 Å². The van der Waals surface area contributed by atoms with Crippen LogP contribution in [-0.4, -0.2) is 25.1 Å². The van der Waals surface area contributed by atoms with Gasteiger partial charge >= 0.3 is 15.2 Å². The highest BCUT2D eigenvalue weighted by molar-refractivity contribution is 9.10. The molecule has 1 amide bonds. The van der Waals surface area contributed by atoms with Crippen LogP contribution in [0.15, 0.2) is 93.4 Å². The standard InChI is InChI=1S/C21H16BrN3O3S2/c22-16-10-4-5-11-17(16)23-20(26)14-29-21-24-18-12-6-7-13-19(18)25(21)30(27,28)15-8-2-1-3-9-15/h1-13H,14H2,(H,23,26)/p+1. The van der Waals surface area contributed by atoms with E-state index in [-0.39, 0.29) is 16.6 Å². The Balaban J connectivity index is 1.66. The van der Waals surface area contributed by atoms with Crippen LogP contribution in [0.3, 0.4) is 0 Å². The second kappa shape index (κ2) is 8.63. The van der Waals surface area contributed by atoms with E-state index in [2.05, 4.69) is 26.2 Å². The molecular formula is C21H17BrN3O3S2+. The summed E-state index contributed by atoms with van der Waals surface area (Å²) < 4.78 is 28.7. The van der Waals surface area contributed by atoms with Crippen molar-refractivity contribution in [2.24, 2.45) is 0 Å². The Hall–Kier alpha value is -2.62. The van der Waals surface area contributed by atoms with Gasteiger partial charge in [-0.05, 0) is 64.1 Å². The number of rotatable bonds is 6. The summed E-state index contributed by atoms with van der Waals surface area (Å²) in [6.07, 6.45) is 0. The molecule has 1 aromatic heterocycles. The third kappa shape index (κ3) is 4.14. The smallest absolute Gasteiger partial charge is 0.324 e. The second-order valence-corrected chi connectivity index (χ2v) is 9.95. The molecule has 0 radical (unpaired) electrons. The molecule has 3 aromatic carbocycles. The lowest BCUT2D eigenvalue weighted by molar-refractivity contribution is -0.526. The monoisotopic (exact) mass is 502 g/mol.